The fraction of sp³-hybridized carbons (Fsp3) is 1.00. The van der Waals surface area contributed by atoms with E-state index >= 15 is 0 Å². The van der Waals surface area contributed by atoms with Gasteiger partial charge in [-0.15, -0.1) is 0 Å². The molecule has 0 saturated carbocycles. The molecule has 1 heteroatoms. The van der Waals surface area contributed by atoms with Crippen LogP contribution >= 0.6 is 0 Å². The number of unbranched alkanes of at least 4 members (excludes halogenated alkanes) is 14. The van der Waals surface area contributed by atoms with Crippen LogP contribution in [0.2, 0.25) is 0 Å². The van der Waals surface area contributed by atoms with E-state index in [9.17, 15) is 0 Å². The molecule has 0 aromatic heterocycles. The van der Waals surface area contributed by atoms with Gasteiger partial charge in [0.25, 0.3) is 0 Å². The highest BCUT2D eigenvalue weighted by molar-refractivity contribution is 4.55. The van der Waals surface area contributed by atoms with Gasteiger partial charge in [0, 0.05) is 6.61 Å². The zero-order valence-electron chi connectivity index (χ0n) is 28.3. The van der Waals surface area contributed by atoms with Crippen LogP contribution in [0.25, 0.3) is 0 Å². The summed E-state index contributed by atoms with van der Waals surface area (Å²) < 4.78 is 0. The summed E-state index contributed by atoms with van der Waals surface area (Å²) in [5.74, 6) is 1.89. The molecule has 0 amide bonds. The molecule has 0 radical (unpaired) electrons. The highest BCUT2D eigenvalue weighted by Gasteiger charge is 2.01. The smallest absolute Gasteiger partial charge is 0.0431 e. The van der Waals surface area contributed by atoms with Gasteiger partial charge in [0.1, 0.15) is 0 Å². The number of hydrogen-bond acceptors (Lipinski definition) is 1. The molecule has 1 nitrogen and oxygen atoms in total. The third kappa shape index (κ3) is 57.1. The first kappa shape index (κ1) is 44.0. The van der Waals surface area contributed by atoms with Crippen LogP contribution in [0.1, 0.15) is 216 Å². The van der Waals surface area contributed by atoms with E-state index in [-0.39, 0.29) is 0 Å². The number of aliphatic hydroxyl groups is 1. The molecular weight excluding hydrogens is 448 g/mol. The van der Waals surface area contributed by atoms with Gasteiger partial charge in [-0.05, 0) is 18.3 Å². The molecule has 0 spiro atoms. The molecule has 2 atom stereocenters. The zero-order valence-corrected chi connectivity index (χ0v) is 28.3. The van der Waals surface area contributed by atoms with Crippen LogP contribution in [0.15, 0.2) is 0 Å². The Hall–Kier alpha value is -0.0400. The van der Waals surface area contributed by atoms with E-state index in [2.05, 4.69) is 62.3 Å². The molecule has 0 aliphatic rings. The first-order valence-corrected chi connectivity index (χ1v) is 17.6. The second-order valence-electron chi connectivity index (χ2n) is 11.7. The van der Waals surface area contributed by atoms with Crippen LogP contribution in [0.4, 0.5) is 0 Å². The van der Waals surface area contributed by atoms with E-state index in [0.717, 1.165) is 18.3 Å². The molecule has 0 saturated heterocycles. The molecule has 1 N–H and O–H groups in total. The van der Waals surface area contributed by atoms with Crippen molar-refractivity contribution in [3.63, 3.8) is 0 Å². The van der Waals surface area contributed by atoms with Gasteiger partial charge in [0.15, 0.2) is 0 Å². The van der Waals surface area contributed by atoms with Crippen molar-refractivity contribution in [2.75, 3.05) is 6.61 Å². The van der Waals surface area contributed by atoms with E-state index < -0.39 is 0 Å². The van der Waals surface area contributed by atoms with Gasteiger partial charge in [0.2, 0.25) is 0 Å². The fourth-order valence-corrected chi connectivity index (χ4v) is 4.29. The van der Waals surface area contributed by atoms with E-state index in [4.69, 9.17) is 5.11 Å². The minimum Gasteiger partial charge on any atom is -0.396 e. The van der Waals surface area contributed by atoms with Crippen molar-refractivity contribution >= 4 is 0 Å². The molecular formula is C36H80O. The average molecular weight is 529 g/mol. The Balaban J connectivity index is -0.000000223. The van der Waals surface area contributed by atoms with Crippen molar-refractivity contribution in [2.45, 2.75) is 216 Å². The Morgan fingerprint density at radius 3 is 1.00 bits per heavy atom. The van der Waals surface area contributed by atoms with E-state index in [1.165, 1.54) is 148 Å². The third-order valence-electron chi connectivity index (χ3n) is 7.19. The van der Waals surface area contributed by atoms with Crippen molar-refractivity contribution in [1.29, 1.82) is 0 Å². The normalized spacial score (nSPS) is 11.8. The summed E-state index contributed by atoms with van der Waals surface area (Å²) in [6, 6.07) is 0. The molecule has 0 aromatic rings. The Kier molecular flexibility index (Phi) is 54.5. The van der Waals surface area contributed by atoms with Crippen molar-refractivity contribution in [3.8, 4) is 0 Å². The van der Waals surface area contributed by atoms with Gasteiger partial charge in [-0.1, -0.05) is 210 Å². The summed E-state index contributed by atoms with van der Waals surface area (Å²) in [4.78, 5) is 0. The third-order valence-corrected chi connectivity index (χ3v) is 7.19. The quantitative estimate of drug-likeness (QED) is 0.131. The number of aliphatic hydroxyl groups excluding tert-OH is 1. The van der Waals surface area contributed by atoms with Gasteiger partial charge in [-0.2, -0.15) is 0 Å². The lowest BCUT2D eigenvalue weighted by Crippen LogP contribution is -1.94. The lowest BCUT2D eigenvalue weighted by molar-refractivity contribution is 0.282. The predicted molar refractivity (Wildman–Crippen MR) is 176 cm³/mol. The lowest BCUT2D eigenvalue weighted by atomic mass is 9.96. The fourth-order valence-electron chi connectivity index (χ4n) is 4.29. The summed E-state index contributed by atoms with van der Waals surface area (Å²) in [5.41, 5.74) is 0. The predicted octanol–water partition coefficient (Wildman–Crippen LogP) is 13.7. The Bertz CT molecular complexity index is 310. The highest BCUT2D eigenvalue weighted by atomic mass is 16.2. The molecule has 0 aromatic carbocycles. The summed E-state index contributed by atoms with van der Waals surface area (Å²) in [6.45, 7) is 20.8. The highest BCUT2D eigenvalue weighted by Crippen LogP contribution is 2.17. The van der Waals surface area contributed by atoms with Gasteiger partial charge >= 0.3 is 0 Å². The van der Waals surface area contributed by atoms with Crippen LogP contribution in [0.5, 0.6) is 0 Å². The minimum atomic E-state index is 0.367. The van der Waals surface area contributed by atoms with Crippen molar-refractivity contribution < 1.29 is 5.11 Å². The molecule has 0 fully saturated rings. The maximum Gasteiger partial charge on any atom is 0.0431 e. The monoisotopic (exact) mass is 529 g/mol. The molecule has 0 rings (SSSR count). The Morgan fingerprint density at radius 1 is 0.324 bits per heavy atom. The average Bonchev–Trinajstić information content (AvgIpc) is 2.90. The first-order valence-electron chi connectivity index (χ1n) is 17.6. The number of rotatable bonds is 23. The van der Waals surface area contributed by atoms with E-state index in [1.807, 2.05) is 0 Å². The van der Waals surface area contributed by atoms with Crippen LogP contribution in [-0.4, -0.2) is 11.7 Å². The summed E-state index contributed by atoms with van der Waals surface area (Å²) >= 11 is 0. The lowest BCUT2D eigenvalue weighted by Gasteiger charge is -2.10. The molecule has 37 heavy (non-hydrogen) atoms. The van der Waals surface area contributed by atoms with Crippen molar-refractivity contribution in [3.05, 3.63) is 0 Å². The molecule has 0 bridgehead atoms. The molecule has 0 aliphatic carbocycles. The summed E-state index contributed by atoms with van der Waals surface area (Å²) in [7, 11) is 0. The Morgan fingerprint density at radius 2 is 0.649 bits per heavy atom. The van der Waals surface area contributed by atoms with Crippen molar-refractivity contribution in [2.24, 2.45) is 11.8 Å². The standard InChI is InChI=1S/C15H32.C12H26O.C5H12.C4H10/c1-4-6-8-9-10-12-14-15(3)13-11-7-5-2;1-3-9-12(2)10-7-5-4-6-8-11-13;1-3-5-4-2;1-3-4-2/h15H,4-14H2,1-3H3;12-13H,3-11H2,1-2H3;3-5H2,1-2H3;3-4H2,1-2H3. The van der Waals surface area contributed by atoms with Crippen LogP contribution in [0.3, 0.4) is 0 Å². The molecule has 2 unspecified atom stereocenters. The topological polar surface area (TPSA) is 20.2 Å². The minimum absolute atomic E-state index is 0.367. The van der Waals surface area contributed by atoms with E-state index in [0.29, 0.717) is 6.61 Å². The summed E-state index contributed by atoms with van der Waals surface area (Å²) in [5, 5.41) is 8.58. The maximum absolute atomic E-state index is 8.58. The van der Waals surface area contributed by atoms with Gasteiger partial charge in [-0.25, -0.2) is 0 Å². The summed E-state index contributed by atoms with van der Waals surface area (Å²) in [6.07, 6.45) is 32.9. The number of hydrogen-bond donors (Lipinski definition) is 1. The maximum atomic E-state index is 8.58. The van der Waals surface area contributed by atoms with Crippen LogP contribution in [-0.2, 0) is 0 Å². The molecule has 230 valence electrons. The molecule has 0 aliphatic heterocycles. The van der Waals surface area contributed by atoms with E-state index in [1.54, 1.807) is 0 Å². The van der Waals surface area contributed by atoms with Crippen LogP contribution in [0, 0.1) is 11.8 Å². The largest absolute Gasteiger partial charge is 0.396 e. The Labute approximate surface area is 239 Å². The van der Waals surface area contributed by atoms with Gasteiger partial charge < -0.3 is 5.11 Å². The zero-order chi connectivity index (χ0) is 28.8. The van der Waals surface area contributed by atoms with Crippen LogP contribution < -0.4 is 0 Å². The van der Waals surface area contributed by atoms with Gasteiger partial charge in [0.05, 0.1) is 0 Å². The second kappa shape index (κ2) is 45.9. The van der Waals surface area contributed by atoms with Gasteiger partial charge in [-0.3, -0.25) is 0 Å². The SMILES string of the molecule is CCCC.CCCC(C)CCCCCCCO.CCCCC.CCCCCCCCC(C)CCCCC. The molecule has 0 heterocycles. The second-order valence-corrected chi connectivity index (χ2v) is 11.7. The van der Waals surface area contributed by atoms with Crippen molar-refractivity contribution in [1.82, 2.24) is 0 Å². The first-order chi connectivity index (χ1) is 17.9.